The number of hydrogen-bond donors (Lipinski definition) is 0. The Hall–Kier alpha value is -1.53. The molecule has 0 N–H and O–H groups in total. The summed E-state index contributed by atoms with van der Waals surface area (Å²) in [6.07, 6.45) is 4.73. The van der Waals surface area contributed by atoms with E-state index in [1.165, 1.54) is 0 Å². The fourth-order valence-corrected chi connectivity index (χ4v) is 3.57. The largest absolute Gasteiger partial charge is 0.378 e. The molecule has 1 fully saturated rings. The molecule has 2 aliphatic rings. The number of amides is 1. The standard InChI is InChI=1S/C18H28N4O2/c1-13-16-5-6-17(23)22(18(16)20-14(2)19-13)9-4-12-24-15-7-10-21(3)11-8-15/h15H,4-12H2,1-3H3. The monoisotopic (exact) mass is 332 g/mol. The lowest BCUT2D eigenvalue weighted by molar-refractivity contribution is -0.119. The first kappa shape index (κ1) is 17.3. The summed E-state index contributed by atoms with van der Waals surface area (Å²) in [6.45, 7) is 7.49. The van der Waals surface area contributed by atoms with Crippen molar-refractivity contribution in [2.45, 2.75) is 52.1 Å². The molecule has 1 saturated heterocycles. The Morgan fingerprint density at radius 2 is 1.92 bits per heavy atom. The van der Waals surface area contributed by atoms with E-state index in [0.29, 0.717) is 25.7 Å². The van der Waals surface area contributed by atoms with Crippen molar-refractivity contribution in [1.29, 1.82) is 0 Å². The maximum Gasteiger partial charge on any atom is 0.228 e. The number of hydrogen-bond acceptors (Lipinski definition) is 5. The average molecular weight is 332 g/mol. The average Bonchev–Trinajstić information content (AvgIpc) is 2.54. The molecular formula is C18H28N4O2. The first-order valence-electron chi connectivity index (χ1n) is 8.99. The molecule has 0 unspecified atom stereocenters. The number of ether oxygens (including phenoxy) is 1. The van der Waals surface area contributed by atoms with Gasteiger partial charge in [-0.1, -0.05) is 0 Å². The molecule has 1 amide bonds. The van der Waals surface area contributed by atoms with E-state index in [9.17, 15) is 4.79 Å². The van der Waals surface area contributed by atoms with E-state index in [0.717, 1.165) is 61.7 Å². The van der Waals surface area contributed by atoms with Crippen molar-refractivity contribution in [3.63, 3.8) is 0 Å². The van der Waals surface area contributed by atoms with Crippen LogP contribution in [0.2, 0.25) is 0 Å². The molecule has 0 aromatic carbocycles. The highest BCUT2D eigenvalue weighted by Gasteiger charge is 2.27. The van der Waals surface area contributed by atoms with Gasteiger partial charge in [-0.25, -0.2) is 9.97 Å². The fourth-order valence-electron chi connectivity index (χ4n) is 3.57. The van der Waals surface area contributed by atoms with Gasteiger partial charge in [0.15, 0.2) is 0 Å². The van der Waals surface area contributed by atoms with E-state index in [1.54, 1.807) is 0 Å². The first-order chi connectivity index (χ1) is 11.5. The lowest BCUT2D eigenvalue weighted by Crippen LogP contribution is -2.38. The van der Waals surface area contributed by atoms with E-state index >= 15 is 0 Å². The number of aromatic nitrogens is 2. The molecule has 3 heterocycles. The van der Waals surface area contributed by atoms with Crippen LogP contribution in [0.5, 0.6) is 0 Å². The van der Waals surface area contributed by atoms with Crippen LogP contribution in [-0.4, -0.2) is 60.2 Å². The zero-order chi connectivity index (χ0) is 17.1. The van der Waals surface area contributed by atoms with Gasteiger partial charge >= 0.3 is 0 Å². The Labute approximate surface area is 144 Å². The number of rotatable bonds is 5. The van der Waals surface area contributed by atoms with Gasteiger partial charge in [-0.3, -0.25) is 9.69 Å². The third kappa shape index (κ3) is 3.92. The molecule has 2 aliphatic heterocycles. The van der Waals surface area contributed by atoms with Gasteiger partial charge in [0, 0.05) is 43.9 Å². The SMILES string of the molecule is Cc1nc(C)c2c(n1)N(CCCOC1CCN(C)CC1)C(=O)CC2. The van der Waals surface area contributed by atoms with Gasteiger partial charge in [0.2, 0.25) is 5.91 Å². The number of aryl methyl sites for hydroxylation is 2. The minimum Gasteiger partial charge on any atom is -0.378 e. The number of anilines is 1. The Bertz CT molecular complexity index is 597. The van der Waals surface area contributed by atoms with Crippen LogP contribution >= 0.6 is 0 Å². The highest BCUT2D eigenvalue weighted by atomic mass is 16.5. The van der Waals surface area contributed by atoms with Gasteiger partial charge in [-0.15, -0.1) is 0 Å². The van der Waals surface area contributed by atoms with E-state index < -0.39 is 0 Å². The van der Waals surface area contributed by atoms with Crippen molar-refractivity contribution in [2.75, 3.05) is 38.2 Å². The second kappa shape index (κ2) is 7.57. The Morgan fingerprint density at radius 1 is 1.17 bits per heavy atom. The normalized spacial score (nSPS) is 19.6. The van der Waals surface area contributed by atoms with Crippen LogP contribution in [0.1, 0.15) is 42.8 Å². The molecule has 0 radical (unpaired) electrons. The predicted octanol–water partition coefficient (Wildman–Crippen LogP) is 1.87. The molecule has 3 rings (SSSR count). The zero-order valence-corrected chi connectivity index (χ0v) is 15.0. The van der Waals surface area contributed by atoms with E-state index in [-0.39, 0.29) is 5.91 Å². The lowest BCUT2D eigenvalue weighted by atomic mass is 10.0. The van der Waals surface area contributed by atoms with Gasteiger partial charge in [0.05, 0.1) is 6.10 Å². The summed E-state index contributed by atoms with van der Waals surface area (Å²) in [5, 5.41) is 0. The van der Waals surface area contributed by atoms with Gasteiger partial charge < -0.3 is 9.64 Å². The number of nitrogens with zero attached hydrogens (tertiary/aromatic N) is 4. The van der Waals surface area contributed by atoms with Crippen molar-refractivity contribution < 1.29 is 9.53 Å². The molecule has 0 bridgehead atoms. The quantitative estimate of drug-likeness (QED) is 0.771. The summed E-state index contributed by atoms with van der Waals surface area (Å²) in [7, 11) is 2.15. The molecule has 0 spiro atoms. The van der Waals surface area contributed by atoms with Crippen molar-refractivity contribution in [3.05, 3.63) is 17.1 Å². The van der Waals surface area contributed by atoms with Crippen LogP contribution in [0.3, 0.4) is 0 Å². The van der Waals surface area contributed by atoms with Gasteiger partial charge in [-0.2, -0.15) is 0 Å². The maximum atomic E-state index is 12.3. The number of carbonyl (C=O) groups excluding carboxylic acids is 1. The molecular weight excluding hydrogens is 304 g/mol. The molecule has 132 valence electrons. The predicted molar refractivity (Wildman–Crippen MR) is 93.3 cm³/mol. The van der Waals surface area contributed by atoms with Gasteiger partial charge in [0.25, 0.3) is 0 Å². The number of carbonyl (C=O) groups is 1. The molecule has 0 atom stereocenters. The maximum absolute atomic E-state index is 12.3. The van der Waals surface area contributed by atoms with Gasteiger partial charge in [-0.05, 0) is 46.6 Å². The third-order valence-electron chi connectivity index (χ3n) is 4.99. The second-order valence-electron chi connectivity index (χ2n) is 6.93. The van der Waals surface area contributed by atoms with Crippen LogP contribution < -0.4 is 4.90 Å². The number of piperidine rings is 1. The Morgan fingerprint density at radius 3 is 2.67 bits per heavy atom. The van der Waals surface area contributed by atoms with Crippen molar-refractivity contribution >= 4 is 11.7 Å². The Balaban J connectivity index is 1.55. The van der Waals surface area contributed by atoms with Gasteiger partial charge in [0.1, 0.15) is 11.6 Å². The smallest absolute Gasteiger partial charge is 0.228 e. The second-order valence-corrected chi connectivity index (χ2v) is 6.93. The summed E-state index contributed by atoms with van der Waals surface area (Å²) < 4.78 is 6.00. The highest BCUT2D eigenvalue weighted by molar-refractivity contribution is 5.95. The minimum absolute atomic E-state index is 0.166. The molecule has 24 heavy (non-hydrogen) atoms. The van der Waals surface area contributed by atoms with Crippen LogP contribution in [-0.2, 0) is 16.0 Å². The molecule has 0 aliphatic carbocycles. The first-order valence-corrected chi connectivity index (χ1v) is 8.99. The number of likely N-dealkylation sites (tertiary alicyclic amines) is 1. The number of fused-ring (bicyclic) bond motifs is 1. The highest BCUT2D eigenvalue weighted by Crippen LogP contribution is 2.27. The summed E-state index contributed by atoms with van der Waals surface area (Å²) in [4.78, 5) is 25.5. The molecule has 1 aromatic rings. The van der Waals surface area contributed by atoms with Crippen molar-refractivity contribution in [2.24, 2.45) is 0 Å². The minimum atomic E-state index is 0.166. The van der Waals surface area contributed by atoms with Crippen LogP contribution in [0, 0.1) is 13.8 Å². The lowest BCUT2D eigenvalue weighted by Gasteiger charge is -2.30. The van der Waals surface area contributed by atoms with Crippen molar-refractivity contribution in [3.8, 4) is 0 Å². The fraction of sp³-hybridized carbons (Fsp3) is 0.722. The summed E-state index contributed by atoms with van der Waals surface area (Å²) in [5.41, 5.74) is 2.12. The molecule has 6 nitrogen and oxygen atoms in total. The van der Waals surface area contributed by atoms with E-state index in [2.05, 4.69) is 21.9 Å². The molecule has 0 saturated carbocycles. The molecule has 6 heteroatoms. The molecule has 1 aromatic heterocycles. The third-order valence-corrected chi connectivity index (χ3v) is 4.99. The summed E-state index contributed by atoms with van der Waals surface area (Å²) in [6, 6.07) is 0. The summed E-state index contributed by atoms with van der Waals surface area (Å²) >= 11 is 0. The van der Waals surface area contributed by atoms with Crippen LogP contribution in [0.4, 0.5) is 5.82 Å². The topological polar surface area (TPSA) is 58.6 Å². The van der Waals surface area contributed by atoms with Crippen molar-refractivity contribution in [1.82, 2.24) is 14.9 Å². The zero-order valence-electron chi connectivity index (χ0n) is 15.0. The Kier molecular flexibility index (Phi) is 5.46. The van der Waals surface area contributed by atoms with E-state index in [4.69, 9.17) is 4.74 Å². The summed E-state index contributed by atoms with van der Waals surface area (Å²) in [5.74, 6) is 1.71. The van der Waals surface area contributed by atoms with Crippen LogP contribution in [0.25, 0.3) is 0 Å². The van der Waals surface area contributed by atoms with Crippen LogP contribution in [0.15, 0.2) is 0 Å². The van der Waals surface area contributed by atoms with E-state index in [1.807, 2.05) is 18.7 Å².